The van der Waals surface area contributed by atoms with Crippen molar-refractivity contribution in [1.82, 2.24) is 4.90 Å². The van der Waals surface area contributed by atoms with Crippen LogP contribution in [0.25, 0.3) is 0 Å². The number of nitrogens with zero attached hydrogens (tertiary/aromatic N) is 1. The number of carbonyl (C=O) groups is 1. The summed E-state index contributed by atoms with van der Waals surface area (Å²) in [5.74, 6) is 0.312. The molecule has 0 aromatic heterocycles. The first-order valence-corrected chi connectivity index (χ1v) is 10.3. The van der Waals surface area contributed by atoms with E-state index in [0.717, 1.165) is 30.0 Å². The lowest BCUT2D eigenvalue weighted by atomic mass is 9.42. The van der Waals surface area contributed by atoms with Crippen LogP contribution >= 0.6 is 0 Å². The molecular formula is C22H26N2O5. The van der Waals surface area contributed by atoms with Gasteiger partial charge in [-0.1, -0.05) is 17.7 Å². The summed E-state index contributed by atoms with van der Waals surface area (Å²) in [7, 11) is 3.07. The van der Waals surface area contributed by atoms with Crippen LogP contribution in [0.1, 0.15) is 25.3 Å². The third-order valence-electron chi connectivity index (χ3n) is 8.48. The number of nitrogens with one attached hydrogen (secondary N) is 1. The summed E-state index contributed by atoms with van der Waals surface area (Å²) < 4.78 is 17.5. The van der Waals surface area contributed by atoms with E-state index in [1.165, 1.54) is 12.7 Å². The average Bonchev–Trinajstić information content (AvgIpc) is 3.35. The molecule has 0 amide bonds. The standard InChI is InChI=1S/C22H26N2O5/c1-4-12-10-24-17-8-15(12)20(11-25,19(26)28-3)21-9-18(24)29-22(17,21)23-16-7-13(27-2)5-6-14(16)21/h4-7,15,17-18,23,25H,8-11H2,1-3H3. The number of esters is 1. The Kier molecular flexibility index (Phi) is 3.26. The first kappa shape index (κ1) is 17.7. The molecule has 7 heteroatoms. The van der Waals surface area contributed by atoms with Crippen LogP contribution in [0.5, 0.6) is 5.75 Å². The molecule has 6 unspecified atom stereocenters. The van der Waals surface area contributed by atoms with Gasteiger partial charge in [-0.3, -0.25) is 9.69 Å². The maximum absolute atomic E-state index is 13.6. The van der Waals surface area contributed by atoms with Gasteiger partial charge in [-0.05, 0) is 25.0 Å². The van der Waals surface area contributed by atoms with E-state index in [-0.39, 0.29) is 30.8 Å². The number of carbonyl (C=O) groups excluding carboxylic acids is 1. The second kappa shape index (κ2) is 5.33. The Hall–Kier alpha value is -2.09. The number of ether oxygens (including phenoxy) is 3. The quantitative estimate of drug-likeness (QED) is 0.592. The summed E-state index contributed by atoms with van der Waals surface area (Å²) in [6.07, 6.45) is 3.42. The van der Waals surface area contributed by atoms with Crippen molar-refractivity contribution in [1.29, 1.82) is 0 Å². The van der Waals surface area contributed by atoms with Crippen LogP contribution in [0.4, 0.5) is 5.69 Å². The second-order valence-electron chi connectivity index (χ2n) is 8.92. The van der Waals surface area contributed by atoms with Gasteiger partial charge in [-0.15, -0.1) is 0 Å². The van der Waals surface area contributed by atoms with Crippen LogP contribution in [0.2, 0.25) is 0 Å². The van der Waals surface area contributed by atoms with Crippen LogP contribution in [0, 0.1) is 11.3 Å². The minimum absolute atomic E-state index is 0.0863. The van der Waals surface area contributed by atoms with E-state index in [1.807, 2.05) is 25.1 Å². The predicted octanol–water partition coefficient (Wildman–Crippen LogP) is 1.62. The molecule has 4 fully saturated rings. The van der Waals surface area contributed by atoms with Gasteiger partial charge in [0.25, 0.3) is 0 Å². The van der Waals surface area contributed by atoms with E-state index in [9.17, 15) is 9.90 Å². The van der Waals surface area contributed by atoms with Crippen molar-refractivity contribution in [3.63, 3.8) is 0 Å². The molecule has 6 rings (SSSR count). The molecule has 29 heavy (non-hydrogen) atoms. The lowest BCUT2D eigenvalue weighted by Gasteiger charge is -2.64. The van der Waals surface area contributed by atoms with E-state index in [2.05, 4.69) is 16.3 Å². The van der Waals surface area contributed by atoms with E-state index in [1.54, 1.807) is 7.11 Å². The van der Waals surface area contributed by atoms with Crippen LogP contribution in [0.15, 0.2) is 29.8 Å². The van der Waals surface area contributed by atoms with Crippen molar-refractivity contribution in [3.8, 4) is 5.75 Å². The predicted molar refractivity (Wildman–Crippen MR) is 104 cm³/mol. The molecule has 7 nitrogen and oxygen atoms in total. The summed E-state index contributed by atoms with van der Waals surface area (Å²) in [5, 5.41) is 14.6. The Morgan fingerprint density at radius 3 is 2.97 bits per heavy atom. The number of allylic oxidation sites excluding steroid dienone is 1. The third kappa shape index (κ3) is 1.58. The molecule has 2 N–H and O–H groups in total. The number of methoxy groups -OCH3 is 2. The number of hydrogen-bond donors (Lipinski definition) is 2. The fourth-order valence-corrected chi connectivity index (χ4v) is 7.49. The van der Waals surface area contributed by atoms with Gasteiger partial charge in [-0.2, -0.15) is 0 Å². The van der Waals surface area contributed by atoms with Crippen molar-refractivity contribution >= 4 is 11.7 Å². The second-order valence-corrected chi connectivity index (χ2v) is 8.92. The highest BCUT2D eigenvalue weighted by atomic mass is 16.6. The number of rotatable bonds is 3. The van der Waals surface area contributed by atoms with Crippen LogP contribution < -0.4 is 10.1 Å². The monoisotopic (exact) mass is 398 g/mol. The van der Waals surface area contributed by atoms with Crippen LogP contribution in [-0.2, 0) is 19.7 Å². The fourth-order valence-electron chi connectivity index (χ4n) is 7.49. The number of aliphatic hydroxyl groups excluding tert-OH is 1. The molecule has 1 aromatic carbocycles. The topological polar surface area (TPSA) is 80.3 Å². The van der Waals surface area contributed by atoms with Crippen molar-refractivity contribution in [2.75, 3.05) is 32.7 Å². The van der Waals surface area contributed by atoms with Gasteiger partial charge < -0.3 is 24.6 Å². The molecule has 3 saturated heterocycles. The largest absolute Gasteiger partial charge is 0.497 e. The van der Waals surface area contributed by atoms with Crippen molar-refractivity contribution < 1.29 is 24.1 Å². The van der Waals surface area contributed by atoms with Crippen LogP contribution in [0.3, 0.4) is 0 Å². The van der Waals surface area contributed by atoms with E-state index in [0.29, 0.717) is 6.42 Å². The minimum atomic E-state index is -1.10. The zero-order chi connectivity index (χ0) is 20.2. The molecule has 4 heterocycles. The summed E-state index contributed by atoms with van der Waals surface area (Å²) in [5.41, 5.74) is 0.568. The van der Waals surface area contributed by atoms with Crippen molar-refractivity contribution in [2.45, 2.75) is 43.2 Å². The molecule has 1 aliphatic carbocycles. The fraction of sp³-hybridized carbons (Fsp3) is 0.591. The molecule has 0 radical (unpaired) electrons. The van der Waals surface area contributed by atoms with Gasteiger partial charge in [0.15, 0.2) is 5.72 Å². The minimum Gasteiger partial charge on any atom is -0.497 e. The Morgan fingerprint density at radius 2 is 2.28 bits per heavy atom. The van der Waals surface area contributed by atoms with Gasteiger partial charge >= 0.3 is 5.97 Å². The number of anilines is 1. The summed E-state index contributed by atoms with van der Waals surface area (Å²) in [6, 6.07) is 6.07. The van der Waals surface area contributed by atoms with Crippen molar-refractivity contribution in [3.05, 3.63) is 35.4 Å². The maximum atomic E-state index is 13.6. The summed E-state index contributed by atoms with van der Waals surface area (Å²) >= 11 is 0. The number of aliphatic hydroxyl groups is 1. The third-order valence-corrected chi connectivity index (χ3v) is 8.48. The van der Waals surface area contributed by atoms with Gasteiger partial charge in [0.2, 0.25) is 0 Å². The normalized spacial score (nSPS) is 44.6. The Balaban J connectivity index is 1.70. The number of fused-ring (bicyclic) bond motifs is 4. The highest BCUT2D eigenvalue weighted by Gasteiger charge is 2.87. The van der Waals surface area contributed by atoms with E-state index in [4.69, 9.17) is 14.2 Å². The highest BCUT2D eigenvalue weighted by molar-refractivity contribution is 5.86. The summed E-state index contributed by atoms with van der Waals surface area (Å²) in [4.78, 5) is 16.0. The molecular weight excluding hydrogens is 372 g/mol. The zero-order valence-corrected chi connectivity index (χ0v) is 16.9. The smallest absolute Gasteiger partial charge is 0.315 e. The Labute approximate surface area is 169 Å². The first-order chi connectivity index (χ1) is 14.0. The number of piperidine rings is 2. The van der Waals surface area contributed by atoms with Gasteiger partial charge in [0.1, 0.15) is 17.4 Å². The Bertz CT molecular complexity index is 963. The SMILES string of the molecule is CC=C1CN2C3CC45c6ccc(OC)cc6NC4(O3)C2CC1C5(CO)C(=O)OC. The van der Waals surface area contributed by atoms with Crippen molar-refractivity contribution in [2.24, 2.45) is 11.3 Å². The molecule has 1 saturated carbocycles. The van der Waals surface area contributed by atoms with Gasteiger partial charge in [0.05, 0.1) is 32.3 Å². The molecule has 1 spiro atoms. The van der Waals surface area contributed by atoms with Gasteiger partial charge in [0, 0.05) is 30.6 Å². The molecule has 1 aromatic rings. The number of benzene rings is 1. The van der Waals surface area contributed by atoms with Gasteiger partial charge in [-0.25, -0.2) is 0 Å². The molecule has 6 atom stereocenters. The van der Waals surface area contributed by atoms with E-state index < -0.39 is 16.6 Å². The summed E-state index contributed by atoms with van der Waals surface area (Å²) in [6.45, 7) is 2.50. The first-order valence-electron chi connectivity index (χ1n) is 10.3. The van der Waals surface area contributed by atoms with E-state index >= 15 is 0 Å². The molecule has 5 aliphatic rings. The molecule has 4 bridgehead atoms. The zero-order valence-electron chi connectivity index (χ0n) is 16.9. The molecule has 4 aliphatic heterocycles. The molecule has 154 valence electrons. The lowest BCUT2D eigenvalue weighted by Crippen LogP contribution is -2.78. The highest BCUT2D eigenvalue weighted by Crippen LogP contribution is 2.76. The number of hydrogen-bond acceptors (Lipinski definition) is 7. The maximum Gasteiger partial charge on any atom is 0.315 e. The lowest BCUT2D eigenvalue weighted by molar-refractivity contribution is -0.191. The van der Waals surface area contributed by atoms with Crippen LogP contribution in [-0.4, -0.2) is 61.3 Å². The average molecular weight is 398 g/mol. The Morgan fingerprint density at radius 1 is 1.45 bits per heavy atom.